The van der Waals surface area contributed by atoms with Crippen LogP contribution in [0.2, 0.25) is 0 Å². The number of ketones is 1. The summed E-state index contributed by atoms with van der Waals surface area (Å²) < 4.78 is 1.87. The maximum absolute atomic E-state index is 11.4. The van der Waals surface area contributed by atoms with Gasteiger partial charge in [0, 0.05) is 35.8 Å². The van der Waals surface area contributed by atoms with E-state index >= 15 is 0 Å². The minimum absolute atomic E-state index is 0.0517. The van der Waals surface area contributed by atoms with Crippen LogP contribution in [0.4, 0.5) is 5.95 Å². The molecule has 0 aliphatic rings. The van der Waals surface area contributed by atoms with Crippen LogP contribution < -0.4 is 5.32 Å². The summed E-state index contributed by atoms with van der Waals surface area (Å²) in [7, 11) is 0. The van der Waals surface area contributed by atoms with Crippen LogP contribution in [0.25, 0.3) is 5.82 Å². The van der Waals surface area contributed by atoms with Gasteiger partial charge in [-0.1, -0.05) is 13.8 Å². The van der Waals surface area contributed by atoms with Gasteiger partial charge in [-0.15, -0.1) is 0 Å². The van der Waals surface area contributed by atoms with Gasteiger partial charge >= 0.3 is 0 Å². The molecule has 1 N–H and O–H groups in total. The van der Waals surface area contributed by atoms with Crippen molar-refractivity contribution in [1.29, 1.82) is 0 Å². The molecule has 0 aliphatic heterocycles. The van der Waals surface area contributed by atoms with E-state index in [0.717, 1.165) is 24.2 Å². The monoisotopic (exact) mass is 286 g/mol. The Kier molecular flexibility index (Phi) is 4.73. The number of hydrogen-bond acceptors (Lipinski definition) is 4. The Morgan fingerprint density at radius 2 is 2.10 bits per heavy atom. The normalized spacial score (nSPS) is 10.9. The van der Waals surface area contributed by atoms with Gasteiger partial charge in [0.25, 0.3) is 0 Å². The quantitative estimate of drug-likeness (QED) is 0.827. The number of aryl methyl sites for hydroxylation is 1. The number of carbonyl (C=O) groups is 1. The van der Waals surface area contributed by atoms with Gasteiger partial charge in [-0.05, 0) is 32.8 Å². The SMILES string of the molecule is CCC(CC)Nc1ncc(C)c(-n2ccc(C(C)=O)c2)n1. The fraction of sp³-hybridized carbons (Fsp3) is 0.438. The third-order valence-electron chi connectivity index (χ3n) is 3.61. The number of aromatic nitrogens is 3. The molecule has 2 aromatic heterocycles. The van der Waals surface area contributed by atoms with E-state index in [1.807, 2.05) is 17.7 Å². The van der Waals surface area contributed by atoms with E-state index in [-0.39, 0.29) is 5.78 Å². The maximum atomic E-state index is 11.4. The van der Waals surface area contributed by atoms with Gasteiger partial charge in [0.05, 0.1) is 0 Å². The van der Waals surface area contributed by atoms with Gasteiger partial charge in [0.15, 0.2) is 5.78 Å². The van der Waals surface area contributed by atoms with Gasteiger partial charge in [0.2, 0.25) is 5.95 Å². The zero-order chi connectivity index (χ0) is 15.4. The lowest BCUT2D eigenvalue weighted by Crippen LogP contribution is -2.19. The zero-order valence-corrected chi connectivity index (χ0v) is 13.1. The fourth-order valence-electron chi connectivity index (χ4n) is 2.18. The summed E-state index contributed by atoms with van der Waals surface area (Å²) in [5, 5.41) is 3.34. The highest BCUT2D eigenvalue weighted by Crippen LogP contribution is 2.16. The summed E-state index contributed by atoms with van der Waals surface area (Å²) in [6.07, 6.45) is 7.52. The smallest absolute Gasteiger partial charge is 0.224 e. The molecule has 2 aromatic rings. The van der Waals surface area contributed by atoms with Crippen LogP contribution in [0.5, 0.6) is 0 Å². The first-order valence-electron chi connectivity index (χ1n) is 7.34. The van der Waals surface area contributed by atoms with Gasteiger partial charge < -0.3 is 9.88 Å². The highest BCUT2D eigenvalue weighted by atomic mass is 16.1. The third kappa shape index (κ3) is 3.48. The number of carbonyl (C=O) groups excluding carboxylic acids is 1. The number of nitrogens with zero attached hydrogens (tertiary/aromatic N) is 3. The van der Waals surface area contributed by atoms with E-state index in [2.05, 4.69) is 29.1 Å². The molecular weight excluding hydrogens is 264 g/mol. The van der Waals surface area contributed by atoms with Gasteiger partial charge in [-0.2, -0.15) is 4.98 Å². The van der Waals surface area contributed by atoms with Gasteiger partial charge in [0.1, 0.15) is 5.82 Å². The summed E-state index contributed by atoms with van der Waals surface area (Å²) in [5.41, 5.74) is 1.65. The molecule has 5 nitrogen and oxygen atoms in total. The lowest BCUT2D eigenvalue weighted by Gasteiger charge is -2.15. The van der Waals surface area contributed by atoms with E-state index in [9.17, 15) is 4.79 Å². The van der Waals surface area contributed by atoms with Crippen molar-refractivity contribution in [3.8, 4) is 5.82 Å². The van der Waals surface area contributed by atoms with Crippen LogP contribution in [0.15, 0.2) is 24.7 Å². The van der Waals surface area contributed by atoms with Gasteiger partial charge in [-0.3, -0.25) is 4.79 Å². The predicted molar refractivity (Wildman–Crippen MR) is 84.1 cm³/mol. The highest BCUT2D eigenvalue weighted by Gasteiger charge is 2.10. The molecule has 0 saturated heterocycles. The number of rotatable bonds is 6. The highest BCUT2D eigenvalue weighted by molar-refractivity contribution is 5.93. The molecule has 0 spiro atoms. The molecule has 0 fully saturated rings. The van der Waals surface area contributed by atoms with Crippen LogP contribution >= 0.6 is 0 Å². The first kappa shape index (κ1) is 15.2. The summed E-state index contributed by atoms with van der Waals surface area (Å²) in [6.45, 7) is 7.80. The Morgan fingerprint density at radius 1 is 1.38 bits per heavy atom. The largest absolute Gasteiger partial charge is 0.351 e. The Bertz CT molecular complexity index is 629. The molecule has 0 bridgehead atoms. The van der Waals surface area contributed by atoms with Crippen molar-refractivity contribution < 1.29 is 4.79 Å². The van der Waals surface area contributed by atoms with Crippen molar-refractivity contribution in [2.75, 3.05) is 5.32 Å². The first-order chi connectivity index (χ1) is 10.0. The summed E-state index contributed by atoms with van der Waals surface area (Å²) in [4.78, 5) is 20.3. The topological polar surface area (TPSA) is 59.8 Å². The number of hydrogen-bond donors (Lipinski definition) is 1. The molecule has 0 atom stereocenters. The molecule has 5 heteroatoms. The Labute approximate surface area is 125 Å². The van der Waals surface area contributed by atoms with E-state index in [1.54, 1.807) is 25.4 Å². The molecule has 0 aliphatic carbocycles. The Morgan fingerprint density at radius 3 is 2.67 bits per heavy atom. The zero-order valence-electron chi connectivity index (χ0n) is 13.1. The molecular formula is C16H22N4O. The minimum atomic E-state index is 0.0517. The predicted octanol–water partition coefficient (Wildman–Crippen LogP) is 3.38. The molecule has 2 rings (SSSR count). The minimum Gasteiger partial charge on any atom is -0.351 e. The van der Waals surface area contributed by atoms with Crippen LogP contribution in [-0.2, 0) is 0 Å². The molecule has 0 aromatic carbocycles. The average molecular weight is 286 g/mol. The summed E-state index contributed by atoms with van der Waals surface area (Å²) >= 11 is 0. The Hall–Kier alpha value is -2.17. The van der Waals surface area contributed by atoms with Crippen LogP contribution in [-0.4, -0.2) is 26.4 Å². The van der Waals surface area contributed by atoms with E-state index in [4.69, 9.17) is 0 Å². The standard InChI is InChI=1S/C16H22N4O/c1-5-14(6-2)18-16-17-9-11(3)15(19-16)20-8-7-13(10-20)12(4)21/h7-10,14H,5-6H2,1-4H3,(H,17,18,19). The Balaban J connectivity index is 2.32. The second-order valence-electron chi connectivity index (χ2n) is 5.22. The molecule has 2 heterocycles. The lowest BCUT2D eigenvalue weighted by molar-refractivity contribution is 0.101. The van der Waals surface area contributed by atoms with E-state index in [1.165, 1.54) is 0 Å². The van der Waals surface area contributed by atoms with E-state index in [0.29, 0.717) is 17.6 Å². The molecule has 0 amide bonds. The third-order valence-corrected chi connectivity index (χ3v) is 3.61. The number of anilines is 1. The first-order valence-corrected chi connectivity index (χ1v) is 7.34. The van der Waals surface area contributed by atoms with Gasteiger partial charge in [-0.25, -0.2) is 4.98 Å². The average Bonchev–Trinajstić information content (AvgIpc) is 2.96. The van der Waals surface area contributed by atoms with Crippen LogP contribution in [0.1, 0.15) is 49.5 Å². The molecule has 21 heavy (non-hydrogen) atoms. The molecule has 0 saturated carbocycles. The number of nitrogens with one attached hydrogen (secondary N) is 1. The second-order valence-corrected chi connectivity index (χ2v) is 5.22. The maximum Gasteiger partial charge on any atom is 0.224 e. The molecule has 0 unspecified atom stereocenters. The van der Waals surface area contributed by atoms with E-state index < -0.39 is 0 Å². The van der Waals surface area contributed by atoms with Crippen LogP contribution in [0.3, 0.4) is 0 Å². The van der Waals surface area contributed by atoms with Crippen LogP contribution in [0, 0.1) is 6.92 Å². The summed E-state index contributed by atoms with van der Waals surface area (Å²) in [6, 6.07) is 2.18. The van der Waals surface area contributed by atoms with Crippen molar-refractivity contribution in [2.45, 2.75) is 46.6 Å². The second kappa shape index (κ2) is 6.52. The lowest BCUT2D eigenvalue weighted by atomic mass is 10.2. The molecule has 112 valence electrons. The summed E-state index contributed by atoms with van der Waals surface area (Å²) in [5.74, 6) is 1.48. The molecule has 0 radical (unpaired) electrons. The van der Waals surface area contributed by atoms with Crippen molar-refractivity contribution in [3.63, 3.8) is 0 Å². The van der Waals surface area contributed by atoms with Crippen molar-refractivity contribution in [1.82, 2.24) is 14.5 Å². The van der Waals surface area contributed by atoms with Crippen molar-refractivity contribution in [2.24, 2.45) is 0 Å². The van der Waals surface area contributed by atoms with Crippen molar-refractivity contribution in [3.05, 3.63) is 35.8 Å². The fourth-order valence-corrected chi connectivity index (χ4v) is 2.18. The van der Waals surface area contributed by atoms with Crippen molar-refractivity contribution >= 4 is 11.7 Å². The number of Topliss-reactive ketones (excluding diaryl/α,β-unsaturated/α-hetero) is 1.